The van der Waals surface area contributed by atoms with Crippen LogP contribution in [-0.2, 0) is 5.60 Å². The molecular formula is C15H25NO2. The highest BCUT2D eigenvalue weighted by molar-refractivity contribution is 5.21. The summed E-state index contributed by atoms with van der Waals surface area (Å²) >= 11 is 0. The number of aliphatic hydroxyl groups excluding tert-OH is 1. The maximum absolute atomic E-state index is 10.3. The zero-order valence-electron chi connectivity index (χ0n) is 11.6. The summed E-state index contributed by atoms with van der Waals surface area (Å²) in [6, 6.07) is 9.58. The number of benzene rings is 1. The molecule has 0 heterocycles. The Kier molecular flexibility index (Phi) is 5.79. The second-order valence-corrected chi connectivity index (χ2v) is 5.55. The molecule has 0 saturated carbocycles. The van der Waals surface area contributed by atoms with Gasteiger partial charge in [0.1, 0.15) is 0 Å². The van der Waals surface area contributed by atoms with Crippen molar-refractivity contribution in [2.24, 2.45) is 5.92 Å². The molecule has 1 aromatic rings. The monoisotopic (exact) mass is 251 g/mol. The molecule has 3 nitrogen and oxygen atoms in total. The Labute approximate surface area is 110 Å². The Bertz CT molecular complexity index is 336. The minimum atomic E-state index is -0.904. The van der Waals surface area contributed by atoms with Crippen LogP contribution in [0.2, 0.25) is 0 Å². The third-order valence-electron chi connectivity index (χ3n) is 2.99. The molecule has 3 N–H and O–H groups in total. The molecule has 2 unspecified atom stereocenters. The summed E-state index contributed by atoms with van der Waals surface area (Å²) in [4.78, 5) is 0. The molecule has 0 fully saturated rings. The van der Waals surface area contributed by atoms with E-state index in [-0.39, 0.29) is 6.10 Å². The van der Waals surface area contributed by atoms with Crippen LogP contribution in [0.15, 0.2) is 30.3 Å². The fourth-order valence-electron chi connectivity index (χ4n) is 2.01. The number of hydrogen-bond acceptors (Lipinski definition) is 3. The fraction of sp³-hybridized carbons (Fsp3) is 0.600. The normalized spacial score (nSPS) is 16.6. The first-order valence-electron chi connectivity index (χ1n) is 6.58. The highest BCUT2D eigenvalue weighted by atomic mass is 16.3. The van der Waals surface area contributed by atoms with E-state index in [0.717, 1.165) is 12.0 Å². The van der Waals surface area contributed by atoms with Crippen molar-refractivity contribution in [2.45, 2.75) is 38.9 Å². The average Bonchev–Trinajstić information content (AvgIpc) is 2.29. The summed E-state index contributed by atoms with van der Waals surface area (Å²) in [7, 11) is 0. The Hall–Kier alpha value is -0.900. The molecular weight excluding hydrogens is 226 g/mol. The molecule has 0 saturated heterocycles. The summed E-state index contributed by atoms with van der Waals surface area (Å²) in [5, 5.41) is 23.2. The van der Waals surface area contributed by atoms with Crippen LogP contribution in [0.4, 0.5) is 0 Å². The SMILES string of the molecule is CC(C)CC(O)CNCC(C)(O)c1ccccc1. The minimum Gasteiger partial charge on any atom is -0.392 e. The van der Waals surface area contributed by atoms with E-state index in [4.69, 9.17) is 0 Å². The molecule has 0 aliphatic carbocycles. The van der Waals surface area contributed by atoms with Crippen molar-refractivity contribution < 1.29 is 10.2 Å². The van der Waals surface area contributed by atoms with Crippen molar-refractivity contribution in [3.8, 4) is 0 Å². The van der Waals surface area contributed by atoms with Gasteiger partial charge in [0.15, 0.2) is 0 Å². The summed E-state index contributed by atoms with van der Waals surface area (Å²) in [5.41, 5.74) is -0.0189. The van der Waals surface area contributed by atoms with Crippen molar-refractivity contribution in [3.05, 3.63) is 35.9 Å². The molecule has 1 aromatic carbocycles. The topological polar surface area (TPSA) is 52.5 Å². The molecule has 18 heavy (non-hydrogen) atoms. The van der Waals surface area contributed by atoms with E-state index in [0.29, 0.717) is 19.0 Å². The first kappa shape index (κ1) is 15.2. The first-order valence-corrected chi connectivity index (χ1v) is 6.58. The summed E-state index contributed by atoms with van der Waals surface area (Å²) in [5.74, 6) is 0.483. The molecule has 3 heteroatoms. The van der Waals surface area contributed by atoms with E-state index in [1.807, 2.05) is 30.3 Å². The van der Waals surface area contributed by atoms with Gasteiger partial charge in [-0.05, 0) is 24.8 Å². The van der Waals surface area contributed by atoms with Crippen molar-refractivity contribution in [3.63, 3.8) is 0 Å². The van der Waals surface area contributed by atoms with E-state index >= 15 is 0 Å². The van der Waals surface area contributed by atoms with E-state index < -0.39 is 5.60 Å². The van der Waals surface area contributed by atoms with Crippen LogP contribution in [0.5, 0.6) is 0 Å². The smallest absolute Gasteiger partial charge is 0.0992 e. The van der Waals surface area contributed by atoms with Crippen LogP contribution in [0.1, 0.15) is 32.8 Å². The van der Waals surface area contributed by atoms with Crippen LogP contribution in [0.25, 0.3) is 0 Å². The lowest BCUT2D eigenvalue weighted by Crippen LogP contribution is -2.39. The van der Waals surface area contributed by atoms with Gasteiger partial charge in [-0.15, -0.1) is 0 Å². The minimum absolute atomic E-state index is 0.350. The van der Waals surface area contributed by atoms with Crippen molar-refractivity contribution in [1.82, 2.24) is 5.32 Å². The Morgan fingerprint density at radius 1 is 1.22 bits per heavy atom. The quantitative estimate of drug-likeness (QED) is 0.693. The zero-order chi connectivity index (χ0) is 13.6. The summed E-state index contributed by atoms with van der Waals surface area (Å²) < 4.78 is 0. The molecule has 0 aromatic heterocycles. The largest absolute Gasteiger partial charge is 0.392 e. The third kappa shape index (κ3) is 5.17. The Morgan fingerprint density at radius 2 is 1.83 bits per heavy atom. The zero-order valence-corrected chi connectivity index (χ0v) is 11.6. The van der Waals surface area contributed by atoms with Crippen molar-refractivity contribution in [2.75, 3.05) is 13.1 Å². The lowest BCUT2D eigenvalue weighted by molar-refractivity contribution is 0.0513. The molecule has 0 amide bonds. The van der Waals surface area contributed by atoms with Gasteiger partial charge in [0.05, 0.1) is 11.7 Å². The first-order chi connectivity index (χ1) is 8.42. The highest BCUT2D eigenvalue weighted by Crippen LogP contribution is 2.18. The summed E-state index contributed by atoms with van der Waals surface area (Å²) in [6.07, 6.45) is 0.428. The molecule has 1 rings (SSSR count). The van der Waals surface area contributed by atoms with E-state index in [9.17, 15) is 10.2 Å². The molecule has 0 bridgehead atoms. The van der Waals surface area contributed by atoms with E-state index in [1.54, 1.807) is 6.92 Å². The predicted molar refractivity (Wildman–Crippen MR) is 74.3 cm³/mol. The maximum Gasteiger partial charge on any atom is 0.0992 e. The fourth-order valence-corrected chi connectivity index (χ4v) is 2.01. The maximum atomic E-state index is 10.3. The van der Waals surface area contributed by atoms with Gasteiger partial charge in [-0.25, -0.2) is 0 Å². The number of aliphatic hydroxyl groups is 2. The molecule has 2 atom stereocenters. The molecule has 0 aliphatic rings. The third-order valence-corrected chi connectivity index (χ3v) is 2.99. The van der Waals surface area contributed by atoms with Crippen LogP contribution in [0, 0.1) is 5.92 Å². The summed E-state index contributed by atoms with van der Waals surface area (Å²) in [6.45, 7) is 6.91. The van der Waals surface area contributed by atoms with Crippen LogP contribution in [0.3, 0.4) is 0 Å². The standard InChI is InChI=1S/C15H25NO2/c1-12(2)9-14(17)10-16-11-15(3,18)13-7-5-4-6-8-13/h4-8,12,14,16-18H,9-11H2,1-3H3. The van der Waals surface area contributed by atoms with Gasteiger partial charge in [0, 0.05) is 13.1 Å². The van der Waals surface area contributed by atoms with Crippen LogP contribution >= 0.6 is 0 Å². The molecule has 0 aliphatic heterocycles. The van der Waals surface area contributed by atoms with E-state index in [1.165, 1.54) is 0 Å². The van der Waals surface area contributed by atoms with Gasteiger partial charge in [-0.2, -0.15) is 0 Å². The van der Waals surface area contributed by atoms with Gasteiger partial charge < -0.3 is 15.5 Å². The lowest BCUT2D eigenvalue weighted by Gasteiger charge is -2.25. The van der Waals surface area contributed by atoms with Gasteiger partial charge in [0.2, 0.25) is 0 Å². The van der Waals surface area contributed by atoms with Crippen LogP contribution in [-0.4, -0.2) is 29.4 Å². The Morgan fingerprint density at radius 3 is 2.39 bits per heavy atom. The van der Waals surface area contributed by atoms with Gasteiger partial charge >= 0.3 is 0 Å². The van der Waals surface area contributed by atoms with Crippen molar-refractivity contribution >= 4 is 0 Å². The number of nitrogens with one attached hydrogen (secondary N) is 1. The van der Waals surface area contributed by atoms with Crippen molar-refractivity contribution in [1.29, 1.82) is 0 Å². The molecule has 102 valence electrons. The van der Waals surface area contributed by atoms with Gasteiger partial charge in [-0.3, -0.25) is 0 Å². The second kappa shape index (κ2) is 6.88. The second-order valence-electron chi connectivity index (χ2n) is 5.55. The number of hydrogen-bond donors (Lipinski definition) is 3. The Balaban J connectivity index is 2.38. The van der Waals surface area contributed by atoms with Gasteiger partial charge in [-0.1, -0.05) is 44.2 Å². The van der Waals surface area contributed by atoms with Crippen LogP contribution < -0.4 is 5.32 Å². The highest BCUT2D eigenvalue weighted by Gasteiger charge is 2.22. The van der Waals surface area contributed by atoms with E-state index in [2.05, 4.69) is 19.2 Å². The molecule has 0 radical (unpaired) electrons. The lowest BCUT2D eigenvalue weighted by atomic mass is 9.96. The molecule has 0 spiro atoms. The predicted octanol–water partition coefficient (Wildman–Crippen LogP) is 1.89. The average molecular weight is 251 g/mol. The number of rotatable bonds is 7. The van der Waals surface area contributed by atoms with Gasteiger partial charge in [0.25, 0.3) is 0 Å².